The standard InChI is InChI=1S/C14H13NO2/c16-14(15-11-13-7-4-10-17-13)9-8-12-5-2-1-3-6-12/h1-10H,11H2,(H,15,16). The summed E-state index contributed by atoms with van der Waals surface area (Å²) in [4.78, 5) is 11.5. The number of carbonyl (C=O) groups is 1. The summed E-state index contributed by atoms with van der Waals surface area (Å²) in [5, 5.41) is 2.74. The van der Waals surface area contributed by atoms with Crippen LogP contribution in [0.25, 0.3) is 6.08 Å². The number of hydrogen-bond acceptors (Lipinski definition) is 2. The Bertz CT molecular complexity index is 486. The van der Waals surface area contributed by atoms with Crippen molar-refractivity contribution in [2.24, 2.45) is 0 Å². The van der Waals surface area contributed by atoms with Crippen LogP contribution in [0.1, 0.15) is 11.3 Å². The molecule has 3 heteroatoms. The van der Waals surface area contributed by atoms with Crippen molar-refractivity contribution >= 4 is 12.0 Å². The van der Waals surface area contributed by atoms with E-state index in [0.717, 1.165) is 11.3 Å². The number of carbonyl (C=O) groups excluding carboxylic acids is 1. The normalized spacial score (nSPS) is 10.6. The fraction of sp³-hybridized carbons (Fsp3) is 0.0714. The second-order valence-electron chi connectivity index (χ2n) is 3.54. The van der Waals surface area contributed by atoms with Crippen LogP contribution < -0.4 is 5.32 Å². The van der Waals surface area contributed by atoms with Crippen molar-refractivity contribution in [1.29, 1.82) is 0 Å². The molecule has 0 radical (unpaired) electrons. The van der Waals surface area contributed by atoms with E-state index in [4.69, 9.17) is 4.42 Å². The molecule has 0 aliphatic heterocycles. The summed E-state index contributed by atoms with van der Waals surface area (Å²) in [5.41, 5.74) is 1.00. The first-order chi connectivity index (χ1) is 8.34. The molecule has 0 bridgehead atoms. The lowest BCUT2D eigenvalue weighted by Gasteiger charge is -1.98. The second kappa shape index (κ2) is 5.70. The minimum atomic E-state index is -0.134. The van der Waals surface area contributed by atoms with E-state index in [9.17, 15) is 4.79 Å². The van der Waals surface area contributed by atoms with Gasteiger partial charge >= 0.3 is 0 Å². The smallest absolute Gasteiger partial charge is 0.244 e. The van der Waals surface area contributed by atoms with Crippen LogP contribution in [0, 0.1) is 0 Å². The molecule has 3 nitrogen and oxygen atoms in total. The van der Waals surface area contributed by atoms with Gasteiger partial charge in [0.25, 0.3) is 0 Å². The van der Waals surface area contributed by atoms with Crippen LogP contribution in [0.4, 0.5) is 0 Å². The fourth-order valence-corrected chi connectivity index (χ4v) is 1.38. The summed E-state index contributed by atoms with van der Waals surface area (Å²) in [6.07, 6.45) is 4.87. The summed E-state index contributed by atoms with van der Waals surface area (Å²) >= 11 is 0. The van der Waals surface area contributed by atoms with E-state index >= 15 is 0 Å². The number of hydrogen-bond donors (Lipinski definition) is 1. The molecule has 86 valence electrons. The number of rotatable bonds is 4. The molecule has 0 atom stereocenters. The molecule has 1 aromatic carbocycles. The zero-order valence-electron chi connectivity index (χ0n) is 9.30. The fourth-order valence-electron chi connectivity index (χ4n) is 1.38. The van der Waals surface area contributed by atoms with Crippen LogP contribution in [0.15, 0.2) is 59.2 Å². The highest BCUT2D eigenvalue weighted by Crippen LogP contribution is 2.01. The SMILES string of the molecule is O=C(C=Cc1ccccc1)NCc1ccco1. The van der Waals surface area contributed by atoms with Crippen molar-refractivity contribution in [2.75, 3.05) is 0 Å². The number of benzene rings is 1. The lowest BCUT2D eigenvalue weighted by atomic mass is 10.2. The highest BCUT2D eigenvalue weighted by molar-refractivity contribution is 5.91. The Morgan fingerprint density at radius 2 is 2.00 bits per heavy atom. The molecule has 1 heterocycles. The van der Waals surface area contributed by atoms with E-state index in [2.05, 4.69) is 5.32 Å². The van der Waals surface area contributed by atoms with Gasteiger partial charge in [0.1, 0.15) is 5.76 Å². The Kier molecular flexibility index (Phi) is 3.76. The minimum absolute atomic E-state index is 0.134. The molecule has 0 saturated carbocycles. The van der Waals surface area contributed by atoms with Gasteiger partial charge in [-0.05, 0) is 23.8 Å². The Morgan fingerprint density at radius 1 is 1.18 bits per heavy atom. The van der Waals surface area contributed by atoms with Crippen LogP contribution in [-0.4, -0.2) is 5.91 Å². The largest absolute Gasteiger partial charge is 0.467 e. The summed E-state index contributed by atoms with van der Waals surface area (Å²) in [6, 6.07) is 13.3. The molecule has 1 amide bonds. The second-order valence-corrected chi connectivity index (χ2v) is 3.54. The summed E-state index contributed by atoms with van der Waals surface area (Å²) in [5.74, 6) is 0.608. The van der Waals surface area contributed by atoms with E-state index in [-0.39, 0.29) is 5.91 Å². The third kappa shape index (κ3) is 3.65. The highest BCUT2D eigenvalue weighted by Gasteiger charge is 1.97. The van der Waals surface area contributed by atoms with Gasteiger partial charge in [-0.15, -0.1) is 0 Å². The molecular weight excluding hydrogens is 214 g/mol. The summed E-state index contributed by atoms with van der Waals surface area (Å²) in [7, 11) is 0. The van der Waals surface area contributed by atoms with Gasteiger partial charge in [-0.2, -0.15) is 0 Å². The maximum atomic E-state index is 11.5. The van der Waals surface area contributed by atoms with Crippen molar-refractivity contribution in [3.05, 3.63) is 66.1 Å². The van der Waals surface area contributed by atoms with Crippen molar-refractivity contribution in [3.8, 4) is 0 Å². The van der Waals surface area contributed by atoms with Gasteiger partial charge in [-0.3, -0.25) is 4.79 Å². The Labute approximate surface area is 99.8 Å². The van der Waals surface area contributed by atoms with Gasteiger partial charge < -0.3 is 9.73 Å². The van der Waals surface area contributed by atoms with Crippen LogP contribution in [0.2, 0.25) is 0 Å². The lowest BCUT2D eigenvalue weighted by Crippen LogP contribution is -2.19. The van der Waals surface area contributed by atoms with Crippen LogP contribution in [0.3, 0.4) is 0 Å². The monoisotopic (exact) mass is 227 g/mol. The van der Waals surface area contributed by atoms with Crippen molar-refractivity contribution in [3.63, 3.8) is 0 Å². The van der Waals surface area contributed by atoms with Gasteiger partial charge in [0.05, 0.1) is 12.8 Å². The van der Waals surface area contributed by atoms with Crippen LogP contribution in [-0.2, 0) is 11.3 Å². The molecule has 0 saturated heterocycles. The molecule has 17 heavy (non-hydrogen) atoms. The van der Waals surface area contributed by atoms with E-state index < -0.39 is 0 Å². The van der Waals surface area contributed by atoms with Gasteiger partial charge in [-0.1, -0.05) is 30.3 Å². The van der Waals surface area contributed by atoms with Gasteiger partial charge in [-0.25, -0.2) is 0 Å². The first-order valence-electron chi connectivity index (χ1n) is 5.38. The maximum Gasteiger partial charge on any atom is 0.244 e. The molecule has 0 fully saturated rings. The zero-order chi connectivity index (χ0) is 11.9. The van der Waals surface area contributed by atoms with Gasteiger partial charge in [0, 0.05) is 6.08 Å². The average molecular weight is 227 g/mol. The Balaban J connectivity index is 1.83. The zero-order valence-corrected chi connectivity index (χ0v) is 9.30. The molecule has 0 aliphatic carbocycles. The Morgan fingerprint density at radius 3 is 2.71 bits per heavy atom. The van der Waals surface area contributed by atoms with Crippen molar-refractivity contribution in [1.82, 2.24) is 5.32 Å². The third-order valence-electron chi connectivity index (χ3n) is 2.24. The van der Waals surface area contributed by atoms with E-state index in [1.54, 1.807) is 18.4 Å². The van der Waals surface area contributed by atoms with Crippen LogP contribution >= 0.6 is 0 Å². The third-order valence-corrected chi connectivity index (χ3v) is 2.24. The first-order valence-corrected chi connectivity index (χ1v) is 5.38. The molecule has 0 unspecified atom stereocenters. The molecule has 0 aliphatic rings. The van der Waals surface area contributed by atoms with Gasteiger partial charge in [0.2, 0.25) is 5.91 Å². The predicted molar refractivity (Wildman–Crippen MR) is 66.0 cm³/mol. The highest BCUT2D eigenvalue weighted by atomic mass is 16.3. The molecule has 1 N–H and O–H groups in total. The molecule has 2 aromatic rings. The first kappa shape index (κ1) is 11.2. The molecular formula is C14H13NO2. The van der Waals surface area contributed by atoms with Gasteiger partial charge in [0.15, 0.2) is 0 Å². The van der Waals surface area contributed by atoms with E-state index in [1.165, 1.54) is 6.08 Å². The maximum absolute atomic E-state index is 11.5. The minimum Gasteiger partial charge on any atom is -0.467 e. The van der Waals surface area contributed by atoms with E-state index in [0.29, 0.717) is 6.54 Å². The molecule has 1 aromatic heterocycles. The summed E-state index contributed by atoms with van der Waals surface area (Å²) in [6.45, 7) is 0.408. The molecule has 2 rings (SSSR count). The number of amides is 1. The number of furan rings is 1. The summed E-state index contributed by atoms with van der Waals surface area (Å²) < 4.78 is 5.11. The predicted octanol–water partition coefficient (Wildman–Crippen LogP) is 2.61. The lowest BCUT2D eigenvalue weighted by molar-refractivity contribution is -0.116. The van der Waals surface area contributed by atoms with Crippen molar-refractivity contribution in [2.45, 2.75) is 6.54 Å². The average Bonchev–Trinajstić information content (AvgIpc) is 2.88. The topological polar surface area (TPSA) is 42.2 Å². The van der Waals surface area contributed by atoms with Crippen LogP contribution in [0.5, 0.6) is 0 Å². The quantitative estimate of drug-likeness (QED) is 0.816. The molecule has 0 spiro atoms. The van der Waals surface area contributed by atoms with Crippen molar-refractivity contribution < 1.29 is 9.21 Å². The number of nitrogens with one attached hydrogen (secondary N) is 1. The van der Waals surface area contributed by atoms with E-state index in [1.807, 2.05) is 36.4 Å². The Hall–Kier alpha value is -2.29.